The largest absolute Gasteiger partial charge is 0.377 e. The molecule has 0 aliphatic rings. The number of hydrogen-bond acceptors (Lipinski definition) is 2. The zero-order valence-electron chi connectivity index (χ0n) is 11.1. The average molecular weight is 249 g/mol. The van der Waals surface area contributed by atoms with Crippen molar-refractivity contribution in [3.63, 3.8) is 0 Å². The van der Waals surface area contributed by atoms with Gasteiger partial charge in [0.2, 0.25) is 0 Å². The molecule has 0 saturated heterocycles. The summed E-state index contributed by atoms with van der Waals surface area (Å²) in [6.45, 7) is 0. The first-order valence-electron chi connectivity index (χ1n) is 6.29. The molecule has 0 spiro atoms. The molecule has 0 aromatic heterocycles. The van der Waals surface area contributed by atoms with Crippen LogP contribution >= 0.6 is 0 Å². The van der Waals surface area contributed by atoms with Gasteiger partial charge >= 0.3 is 0 Å². The minimum absolute atomic E-state index is 0.742. The van der Waals surface area contributed by atoms with E-state index in [2.05, 4.69) is 29.2 Å². The number of fused-ring (bicyclic) bond motifs is 2. The minimum atomic E-state index is 0.742. The number of rotatable bonds is 2. The highest BCUT2D eigenvalue weighted by Crippen LogP contribution is 2.31. The normalized spacial score (nSPS) is 10.8. The first-order chi connectivity index (χ1) is 9.20. The molecule has 2 nitrogen and oxygen atoms in total. The van der Waals surface area contributed by atoms with E-state index in [9.17, 15) is 4.79 Å². The molecule has 0 aliphatic carbocycles. The molecule has 19 heavy (non-hydrogen) atoms. The fraction of sp³-hybridized carbons (Fsp3) is 0.118. The number of benzene rings is 3. The van der Waals surface area contributed by atoms with Crippen LogP contribution in [0.1, 0.15) is 10.4 Å². The lowest BCUT2D eigenvalue weighted by Gasteiger charge is -2.17. The summed E-state index contributed by atoms with van der Waals surface area (Å²) in [7, 11) is 4.04. The van der Waals surface area contributed by atoms with Crippen LogP contribution in [0.3, 0.4) is 0 Å². The van der Waals surface area contributed by atoms with E-state index in [1.54, 1.807) is 0 Å². The Morgan fingerprint density at radius 2 is 1.53 bits per heavy atom. The third kappa shape index (κ3) is 1.85. The van der Waals surface area contributed by atoms with Crippen LogP contribution in [-0.4, -0.2) is 20.4 Å². The molecular formula is C17H15NO. The van der Waals surface area contributed by atoms with E-state index in [-0.39, 0.29) is 0 Å². The predicted molar refractivity (Wildman–Crippen MR) is 81.2 cm³/mol. The maximum absolute atomic E-state index is 11.2. The average Bonchev–Trinajstić information content (AvgIpc) is 2.43. The second-order valence-corrected chi connectivity index (χ2v) is 4.93. The third-order valence-electron chi connectivity index (χ3n) is 3.50. The number of carbonyl (C=O) groups excluding carboxylic acids is 1. The Bertz CT molecular complexity index is 775. The standard InChI is InChI=1S/C17H15NO/c1-18(2)17-8-7-14(11-19)15-9-12-5-3-4-6-13(12)10-16(15)17/h3-11H,1-2H3. The quantitative estimate of drug-likeness (QED) is 0.507. The molecule has 0 N–H and O–H groups in total. The maximum atomic E-state index is 11.2. The van der Waals surface area contributed by atoms with E-state index in [0.29, 0.717) is 0 Å². The van der Waals surface area contributed by atoms with Crippen molar-refractivity contribution in [1.29, 1.82) is 0 Å². The van der Waals surface area contributed by atoms with E-state index in [1.807, 2.05) is 38.4 Å². The Morgan fingerprint density at radius 1 is 0.895 bits per heavy atom. The Morgan fingerprint density at radius 3 is 2.11 bits per heavy atom. The smallest absolute Gasteiger partial charge is 0.150 e. The summed E-state index contributed by atoms with van der Waals surface area (Å²) >= 11 is 0. The molecule has 0 aliphatic heterocycles. The fourth-order valence-electron chi connectivity index (χ4n) is 2.53. The predicted octanol–water partition coefficient (Wildman–Crippen LogP) is 3.87. The van der Waals surface area contributed by atoms with Crippen molar-refractivity contribution in [3.8, 4) is 0 Å². The Kier molecular flexibility index (Phi) is 2.71. The van der Waals surface area contributed by atoms with Crippen LogP contribution in [0.25, 0.3) is 21.5 Å². The summed E-state index contributed by atoms with van der Waals surface area (Å²) in [5.74, 6) is 0. The van der Waals surface area contributed by atoms with E-state index in [4.69, 9.17) is 0 Å². The van der Waals surface area contributed by atoms with Crippen LogP contribution < -0.4 is 4.90 Å². The molecule has 0 unspecified atom stereocenters. The first kappa shape index (κ1) is 11.7. The highest BCUT2D eigenvalue weighted by Gasteiger charge is 2.08. The van der Waals surface area contributed by atoms with Crippen molar-refractivity contribution in [2.45, 2.75) is 0 Å². The summed E-state index contributed by atoms with van der Waals surface area (Å²) < 4.78 is 0. The summed E-state index contributed by atoms with van der Waals surface area (Å²) in [6.07, 6.45) is 0.927. The minimum Gasteiger partial charge on any atom is -0.377 e. The van der Waals surface area contributed by atoms with Gasteiger partial charge < -0.3 is 4.90 Å². The first-order valence-corrected chi connectivity index (χ1v) is 6.29. The van der Waals surface area contributed by atoms with Crippen molar-refractivity contribution in [2.75, 3.05) is 19.0 Å². The van der Waals surface area contributed by atoms with Gasteiger partial charge in [-0.15, -0.1) is 0 Å². The van der Waals surface area contributed by atoms with Gasteiger partial charge in [0, 0.05) is 30.7 Å². The number of nitrogens with zero attached hydrogens (tertiary/aromatic N) is 1. The fourth-order valence-corrected chi connectivity index (χ4v) is 2.53. The van der Waals surface area contributed by atoms with Crippen LogP contribution in [-0.2, 0) is 0 Å². The van der Waals surface area contributed by atoms with Gasteiger partial charge in [0.05, 0.1) is 0 Å². The number of hydrogen-bond donors (Lipinski definition) is 0. The lowest BCUT2D eigenvalue weighted by Crippen LogP contribution is -2.09. The molecule has 0 heterocycles. The van der Waals surface area contributed by atoms with Crippen molar-refractivity contribution in [2.24, 2.45) is 0 Å². The molecule has 0 fully saturated rings. The Labute approximate surface area is 112 Å². The van der Waals surface area contributed by atoms with Gasteiger partial charge in [-0.05, 0) is 40.4 Å². The summed E-state index contributed by atoms with van der Waals surface area (Å²) in [5, 5.41) is 4.49. The van der Waals surface area contributed by atoms with Gasteiger partial charge in [0.25, 0.3) is 0 Å². The van der Waals surface area contributed by atoms with Gasteiger partial charge in [-0.25, -0.2) is 0 Å². The van der Waals surface area contributed by atoms with Gasteiger partial charge in [0.1, 0.15) is 0 Å². The number of anilines is 1. The second kappa shape index (κ2) is 4.39. The van der Waals surface area contributed by atoms with Gasteiger partial charge in [-0.1, -0.05) is 24.3 Å². The molecular weight excluding hydrogens is 234 g/mol. The molecule has 3 aromatic rings. The highest BCUT2D eigenvalue weighted by atomic mass is 16.1. The van der Waals surface area contributed by atoms with Crippen molar-refractivity contribution >= 4 is 33.5 Å². The molecule has 0 amide bonds. The molecule has 3 aromatic carbocycles. The lowest BCUT2D eigenvalue weighted by atomic mass is 9.98. The van der Waals surface area contributed by atoms with Crippen LogP contribution in [0.5, 0.6) is 0 Å². The van der Waals surface area contributed by atoms with Crippen molar-refractivity contribution in [3.05, 3.63) is 54.1 Å². The van der Waals surface area contributed by atoms with Crippen molar-refractivity contribution in [1.82, 2.24) is 0 Å². The molecule has 0 saturated carbocycles. The van der Waals surface area contributed by atoms with Crippen LogP contribution in [0, 0.1) is 0 Å². The van der Waals surface area contributed by atoms with E-state index in [0.717, 1.165) is 33.7 Å². The molecule has 2 heteroatoms. The second-order valence-electron chi connectivity index (χ2n) is 4.93. The molecule has 3 rings (SSSR count). The zero-order valence-corrected chi connectivity index (χ0v) is 11.1. The van der Waals surface area contributed by atoms with E-state index < -0.39 is 0 Å². The van der Waals surface area contributed by atoms with Crippen LogP contribution in [0.4, 0.5) is 5.69 Å². The van der Waals surface area contributed by atoms with Gasteiger partial charge in [-0.2, -0.15) is 0 Å². The summed E-state index contributed by atoms with van der Waals surface area (Å²) in [4.78, 5) is 13.3. The van der Waals surface area contributed by atoms with Crippen molar-refractivity contribution < 1.29 is 4.79 Å². The molecule has 0 atom stereocenters. The SMILES string of the molecule is CN(C)c1ccc(C=O)c2cc3ccccc3cc12. The number of carbonyl (C=O) groups is 1. The van der Waals surface area contributed by atoms with E-state index in [1.165, 1.54) is 5.39 Å². The maximum Gasteiger partial charge on any atom is 0.150 e. The molecule has 0 radical (unpaired) electrons. The van der Waals surface area contributed by atoms with E-state index >= 15 is 0 Å². The lowest BCUT2D eigenvalue weighted by molar-refractivity contribution is 0.112. The topological polar surface area (TPSA) is 20.3 Å². The zero-order chi connectivity index (χ0) is 13.4. The summed E-state index contributed by atoms with van der Waals surface area (Å²) in [6, 6.07) is 16.4. The summed E-state index contributed by atoms with van der Waals surface area (Å²) in [5.41, 5.74) is 1.87. The van der Waals surface area contributed by atoms with Gasteiger partial charge in [-0.3, -0.25) is 4.79 Å². The monoisotopic (exact) mass is 249 g/mol. The Balaban J connectivity index is 2.49. The molecule has 94 valence electrons. The van der Waals surface area contributed by atoms with Crippen LogP contribution in [0.15, 0.2) is 48.5 Å². The van der Waals surface area contributed by atoms with Gasteiger partial charge in [0.15, 0.2) is 6.29 Å². The van der Waals surface area contributed by atoms with Crippen LogP contribution in [0.2, 0.25) is 0 Å². The molecule has 0 bridgehead atoms. The number of aldehydes is 1. The highest BCUT2D eigenvalue weighted by molar-refractivity contribution is 6.09. The third-order valence-corrected chi connectivity index (χ3v) is 3.50. The Hall–Kier alpha value is -2.35.